The van der Waals surface area contributed by atoms with Gasteiger partial charge in [-0.15, -0.1) is 6.42 Å². The van der Waals surface area contributed by atoms with Gasteiger partial charge in [0.05, 0.1) is 42.7 Å². The number of rotatable bonds is 20. The summed E-state index contributed by atoms with van der Waals surface area (Å²) in [7, 11) is 6.64. The second-order valence-corrected chi connectivity index (χ2v) is 14.2. The van der Waals surface area contributed by atoms with E-state index >= 15 is 0 Å². The summed E-state index contributed by atoms with van der Waals surface area (Å²) < 4.78 is 11.9. The molecular formula is C38H64Co2N5O6-. The van der Waals surface area contributed by atoms with Crippen LogP contribution >= 0.6 is 0 Å². The molecule has 1 heterocycles. The summed E-state index contributed by atoms with van der Waals surface area (Å²) in [6.07, 6.45) is 1.88. The van der Waals surface area contributed by atoms with E-state index in [1.807, 2.05) is 69.9 Å². The van der Waals surface area contributed by atoms with E-state index in [9.17, 15) is 19.2 Å². The van der Waals surface area contributed by atoms with Crippen LogP contribution in [0.2, 0.25) is 0 Å². The van der Waals surface area contributed by atoms with Crippen LogP contribution in [0.15, 0.2) is 30.3 Å². The monoisotopic (exact) mass is 804 g/mol. The molecule has 51 heavy (non-hydrogen) atoms. The molecule has 1 fully saturated rings. The predicted molar refractivity (Wildman–Crippen MR) is 193 cm³/mol. The number of carbonyl (C=O) groups is 4. The molecule has 13 heteroatoms. The number of carbonyl (C=O) groups excluding carboxylic acids is 4. The van der Waals surface area contributed by atoms with Gasteiger partial charge >= 0.3 is 0 Å². The molecule has 0 aromatic heterocycles. The molecule has 3 N–H and O–H groups in total. The summed E-state index contributed by atoms with van der Waals surface area (Å²) in [6, 6.07) is 8.04. The van der Waals surface area contributed by atoms with Crippen molar-refractivity contribution in [1.82, 2.24) is 25.8 Å². The SMILES string of the molecule is CC[C@H](C)[C@@H]([C@@H](CC(=O)N1CCC[C@H]1[C@H](OC)[C@@H](C)C(=O)N[CH-]Cc1ccccc1)OC)N(C)C(=O)[C@@H](NC(=O)[C@@H](NC)C(C)C)C(C)C.[Co].[Co]. The Morgan fingerprint density at radius 1 is 0.941 bits per heavy atom. The van der Waals surface area contributed by atoms with Crippen LogP contribution < -0.4 is 16.0 Å². The summed E-state index contributed by atoms with van der Waals surface area (Å²) in [5.41, 5.74) is 1.10. The van der Waals surface area contributed by atoms with Crippen LogP contribution in [0.4, 0.5) is 0 Å². The standard InChI is InChI=1S/C38H64N5O6.2Co/c1-12-26(6)34(42(9)38(47)33(25(4)5)41-37(46)32(39-8)24(2)3)30(48-10)23-31(44)43-22-16-19-29(43)35(49-11)27(7)36(45)40-21-20-28-17-14-13-15-18-28;;/h13-15,17-18,21,24-27,29-30,32-35,39H,12,16,19-20,22-23H2,1-11H3,(H,40,45)(H,41,46);;/q-1;;/t26-,27+,29-,30+,32-,33-,34-,35+;;/m0../s1. The predicted octanol–water partition coefficient (Wildman–Crippen LogP) is 3.81. The molecule has 1 aliphatic heterocycles. The fraction of sp³-hybridized carbons (Fsp3) is 0.711. The number of likely N-dealkylation sites (N-methyl/N-ethyl adjacent to an activating group) is 2. The van der Waals surface area contributed by atoms with E-state index in [1.54, 1.807) is 39.8 Å². The number of ether oxygens (including phenoxy) is 2. The van der Waals surface area contributed by atoms with Crippen LogP contribution in [0, 0.1) is 30.2 Å². The van der Waals surface area contributed by atoms with E-state index in [2.05, 4.69) is 29.8 Å². The van der Waals surface area contributed by atoms with Crippen molar-refractivity contribution in [3.8, 4) is 0 Å². The first-order chi connectivity index (χ1) is 23.2. The first kappa shape index (κ1) is 49.0. The third-order valence-corrected chi connectivity index (χ3v) is 10.2. The largest absolute Gasteiger partial charge is 0.505 e. The van der Waals surface area contributed by atoms with Crippen molar-refractivity contribution in [2.24, 2.45) is 23.7 Å². The van der Waals surface area contributed by atoms with Gasteiger partial charge in [0.25, 0.3) is 0 Å². The number of hydrogen-bond acceptors (Lipinski definition) is 7. The first-order valence-corrected chi connectivity index (χ1v) is 18.0. The second kappa shape index (κ2) is 24.3. The Morgan fingerprint density at radius 2 is 1.55 bits per heavy atom. The van der Waals surface area contributed by atoms with Crippen molar-refractivity contribution < 1.29 is 62.2 Å². The van der Waals surface area contributed by atoms with Gasteiger partial charge in [-0.25, -0.2) is 6.54 Å². The van der Waals surface area contributed by atoms with Gasteiger partial charge in [-0.1, -0.05) is 90.8 Å². The van der Waals surface area contributed by atoms with Crippen molar-refractivity contribution in [2.75, 3.05) is 34.9 Å². The molecular weight excluding hydrogens is 740 g/mol. The molecule has 1 aromatic rings. The van der Waals surface area contributed by atoms with Gasteiger partial charge in [0.1, 0.15) is 6.04 Å². The molecule has 296 valence electrons. The van der Waals surface area contributed by atoms with Crippen LogP contribution in [0.3, 0.4) is 0 Å². The molecule has 1 aliphatic rings. The molecule has 8 atom stereocenters. The zero-order chi connectivity index (χ0) is 36.8. The van der Waals surface area contributed by atoms with E-state index in [1.165, 1.54) is 0 Å². The minimum Gasteiger partial charge on any atom is -0.505 e. The van der Waals surface area contributed by atoms with Crippen LogP contribution in [0.25, 0.3) is 0 Å². The number of amides is 4. The summed E-state index contributed by atoms with van der Waals surface area (Å²) >= 11 is 0. The quantitative estimate of drug-likeness (QED) is 0.171. The Labute approximate surface area is 328 Å². The molecule has 11 nitrogen and oxygen atoms in total. The summed E-state index contributed by atoms with van der Waals surface area (Å²) in [4.78, 5) is 58.0. The van der Waals surface area contributed by atoms with Crippen LogP contribution in [-0.2, 0) is 68.6 Å². The Bertz CT molecular complexity index is 1190. The maximum Gasteiger partial charge on any atom is 0.245 e. The van der Waals surface area contributed by atoms with Crippen molar-refractivity contribution >= 4 is 23.6 Å². The van der Waals surface area contributed by atoms with Gasteiger partial charge < -0.3 is 35.2 Å². The fourth-order valence-corrected chi connectivity index (χ4v) is 7.06. The van der Waals surface area contributed by atoms with Gasteiger partial charge in [-0.05, 0) is 37.6 Å². The number of benzene rings is 1. The topological polar surface area (TPSA) is 129 Å². The normalized spacial score (nSPS) is 18.4. The number of nitrogens with zero attached hydrogens (tertiary/aromatic N) is 2. The maximum atomic E-state index is 14.1. The summed E-state index contributed by atoms with van der Waals surface area (Å²) in [6.45, 7) is 16.0. The Kier molecular flexibility index (Phi) is 23.4. The van der Waals surface area contributed by atoms with Gasteiger partial charge in [0.2, 0.25) is 17.7 Å². The molecule has 4 amide bonds. The third-order valence-electron chi connectivity index (χ3n) is 10.2. The second-order valence-electron chi connectivity index (χ2n) is 14.2. The molecule has 0 bridgehead atoms. The van der Waals surface area contributed by atoms with Gasteiger partial charge in [-0.2, -0.15) is 0 Å². The van der Waals surface area contributed by atoms with E-state index in [0.29, 0.717) is 13.0 Å². The Morgan fingerprint density at radius 3 is 2.06 bits per heavy atom. The van der Waals surface area contributed by atoms with Gasteiger partial charge in [0.15, 0.2) is 5.91 Å². The van der Waals surface area contributed by atoms with Crippen molar-refractivity contribution in [1.29, 1.82) is 0 Å². The maximum absolute atomic E-state index is 14.1. The molecule has 0 unspecified atom stereocenters. The number of methoxy groups -OCH3 is 2. The summed E-state index contributed by atoms with van der Waals surface area (Å²) in [5.74, 6) is -1.29. The van der Waals surface area contributed by atoms with Crippen LogP contribution in [0.5, 0.6) is 0 Å². The molecule has 0 aliphatic carbocycles. The Hall–Kier alpha value is -2.01. The minimum absolute atomic E-state index is 0. The van der Waals surface area contributed by atoms with Gasteiger partial charge in [0, 0.05) is 61.4 Å². The summed E-state index contributed by atoms with van der Waals surface area (Å²) in [5, 5.41) is 8.96. The zero-order valence-electron chi connectivity index (χ0n) is 32.5. The van der Waals surface area contributed by atoms with Crippen molar-refractivity contribution in [2.45, 2.75) is 117 Å². The van der Waals surface area contributed by atoms with Crippen LogP contribution in [-0.4, -0.2) is 105 Å². The molecule has 2 radical (unpaired) electrons. The fourth-order valence-electron chi connectivity index (χ4n) is 7.06. The van der Waals surface area contributed by atoms with Gasteiger partial charge in [-0.3, -0.25) is 19.2 Å². The molecule has 1 aromatic carbocycles. The molecule has 0 saturated carbocycles. The molecule has 2 rings (SSSR count). The third kappa shape index (κ3) is 13.7. The van der Waals surface area contributed by atoms with E-state index in [0.717, 1.165) is 24.8 Å². The number of hydrogen-bond donors (Lipinski definition) is 3. The average molecular weight is 805 g/mol. The van der Waals surface area contributed by atoms with E-state index < -0.39 is 36.3 Å². The van der Waals surface area contributed by atoms with E-state index in [-0.39, 0.29) is 87.4 Å². The van der Waals surface area contributed by atoms with Crippen LogP contribution in [0.1, 0.15) is 79.7 Å². The zero-order valence-corrected chi connectivity index (χ0v) is 34.6. The Balaban J connectivity index is 0.0000125. The number of likely N-dealkylation sites (tertiary alicyclic amines) is 1. The molecule has 1 saturated heterocycles. The van der Waals surface area contributed by atoms with Crippen molar-refractivity contribution in [3.63, 3.8) is 0 Å². The number of nitrogens with one attached hydrogen (secondary N) is 3. The first-order valence-electron chi connectivity index (χ1n) is 18.0. The van der Waals surface area contributed by atoms with Crippen molar-refractivity contribution in [3.05, 3.63) is 42.4 Å². The minimum atomic E-state index is -0.741. The smallest absolute Gasteiger partial charge is 0.245 e. The van der Waals surface area contributed by atoms with E-state index in [4.69, 9.17) is 9.47 Å². The average Bonchev–Trinajstić information content (AvgIpc) is 3.56. The molecule has 0 spiro atoms.